The first-order valence-electron chi connectivity index (χ1n) is 5.60. The van der Waals surface area contributed by atoms with E-state index in [0.29, 0.717) is 24.1 Å². The van der Waals surface area contributed by atoms with E-state index < -0.39 is 0 Å². The van der Waals surface area contributed by atoms with E-state index in [9.17, 15) is 4.79 Å². The normalized spacial score (nSPS) is 9.72. The van der Waals surface area contributed by atoms with Crippen LogP contribution in [0.2, 0.25) is 0 Å². The van der Waals surface area contributed by atoms with Crippen molar-refractivity contribution in [2.24, 2.45) is 0 Å². The van der Waals surface area contributed by atoms with Crippen molar-refractivity contribution in [2.75, 3.05) is 6.54 Å². The summed E-state index contributed by atoms with van der Waals surface area (Å²) in [7, 11) is 0. The predicted molar refractivity (Wildman–Crippen MR) is 65.9 cm³/mol. The number of hydrogen-bond donors (Lipinski definition) is 1. The van der Waals surface area contributed by atoms with Gasteiger partial charge in [-0.3, -0.25) is 4.79 Å². The summed E-state index contributed by atoms with van der Waals surface area (Å²) in [4.78, 5) is 11.8. The number of nitrogens with one attached hydrogen (secondary N) is 1. The Morgan fingerprint density at radius 1 is 1.33 bits per heavy atom. The van der Waals surface area contributed by atoms with Crippen LogP contribution in [-0.2, 0) is 6.42 Å². The van der Waals surface area contributed by atoms with Crippen LogP contribution in [0.1, 0.15) is 21.7 Å². The van der Waals surface area contributed by atoms with Crippen LogP contribution in [0.25, 0.3) is 0 Å². The van der Waals surface area contributed by atoms with Crippen molar-refractivity contribution < 1.29 is 9.21 Å². The molecule has 1 N–H and O–H groups in total. The van der Waals surface area contributed by atoms with Gasteiger partial charge >= 0.3 is 0 Å². The largest absolute Gasteiger partial charge is 0.469 e. The van der Waals surface area contributed by atoms with Gasteiger partial charge < -0.3 is 9.73 Å². The molecule has 0 spiro atoms. The quantitative estimate of drug-likeness (QED) is 0.890. The number of nitriles is 1. The summed E-state index contributed by atoms with van der Waals surface area (Å²) in [5.74, 6) is 0.653. The molecule has 0 radical (unpaired) electrons. The zero-order valence-corrected chi connectivity index (χ0v) is 9.72. The molecule has 0 aliphatic rings. The number of amides is 1. The molecule has 0 unspecified atom stereocenters. The van der Waals surface area contributed by atoms with Crippen molar-refractivity contribution in [1.82, 2.24) is 5.32 Å². The number of carbonyl (C=O) groups is 1. The van der Waals surface area contributed by atoms with Gasteiger partial charge in [-0.15, -0.1) is 0 Å². The van der Waals surface area contributed by atoms with E-state index in [0.717, 1.165) is 5.76 Å². The van der Waals surface area contributed by atoms with Gasteiger partial charge in [0.05, 0.1) is 17.9 Å². The molecule has 2 rings (SSSR count). The van der Waals surface area contributed by atoms with Gasteiger partial charge in [0.25, 0.3) is 5.91 Å². The number of benzene rings is 1. The third-order valence-corrected chi connectivity index (χ3v) is 2.49. The number of rotatable bonds is 4. The van der Waals surface area contributed by atoms with Crippen LogP contribution in [0.5, 0.6) is 0 Å². The second-order valence-electron chi connectivity index (χ2n) is 3.78. The molecule has 1 heterocycles. The van der Waals surface area contributed by atoms with Crippen LogP contribution in [0, 0.1) is 11.3 Å². The molecule has 0 atom stereocenters. The monoisotopic (exact) mass is 240 g/mol. The molecule has 0 saturated heterocycles. The maximum absolute atomic E-state index is 11.8. The molecule has 0 aliphatic heterocycles. The number of nitrogens with zero attached hydrogens (tertiary/aromatic N) is 1. The van der Waals surface area contributed by atoms with Crippen molar-refractivity contribution in [3.8, 4) is 6.07 Å². The second kappa shape index (κ2) is 5.69. The maximum atomic E-state index is 11.8. The number of carbonyl (C=O) groups excluding carboxylic acids is 1. The Bertz CT molecular complexity index is 568. The molecule has 4 nitrogen and oxygen atoms in total. The molecule has 90 valence electrons. The first kappa shape index (κ1) is 11.9. The lowest BCUT2D eigenvalue weighted by Gasteiger charge is -2.04. The molecule has 4 heteroatoms. The third kappa shape index (κ3) is 2.98. The van der Waals surface area contributed by atoms with Gasteiger partial charge in [-0.05, 0) is 30.3 Å². The molecule has 0 fully saturated rings. The first-order valence-corrected chi connectivity index (χ1v) is 5.60. The smallest absolute Gasteiger partial charge is 0.251 e. The van der Waals surface area contributed by atoms with Crippen LogP contribution in [-0.4, -0.2) is 12.5 Å². The summed E-state index contributed by atoms with van der Waals surface area (Å²) in [5, 5.41) is 11.5. The van der Waals surface area contributed by atoms with Crippen molar-refractivity contribution in [2.45, 2.75) is 6.42 Å². The Kier molecular flexibility index (Phi) is 3.77. The lowest BCUT2D eigenvalue weighted by molar-refractivity contribution is 0.0953. The maximum Gasteiger partial charge on any atom is 0.251 e. The van der Waals surface area contributed by atoms with E-state index in [2.05, 4.69) is 5.32 Å². The van der Waals surface area contributed by atoms with Crippen LogP contribution < -0.4 is 5.32 Å². The van der Waals surface area contributed by atoms with Gasteiger partial charge in [-0.2, -0.15) is 5.26 Å². The summed E-state index contributed by atoms with van der Waals surface area (Å²) in [6.07, 6.45) is 2.25. The summed E-state index contributed by atoms with van der Waals surface area (Å²) in [5.41, 5.74) is 0.974. The number of furan rings is 1. The average Bonchev–Trinajstić information content (AvgIpc) is 2.92. The van der Waals surface area contributed by atoms with Gasteiger partial charge in [0.15, 0.2) is 0 Å². The standard InChI is InChI=1S/C14H12N2O2/c15-10-11-3-1-4-12(9-11)14(17)16-7-6-13-5-2-8-18-13/h1-5,8-9H,6-7H2,(H,16,17). The van der Waals surface area contributed by atoms with E-state index >= 15 is 0 Å². The molecule has 1 amide bonds. The highest BCUT2D eigenvalue weighted by Gasteiger charge is 2.05. The Morgan fingerprint density at radius 2 is 2.22 bits per heavy atom. The van der Waals surface area contributed by atoms with Gasteiger partial charge in [-0.1, -0.05) is 6.07 Å². The fourth-order valence-electron chi connectivity index (χ4n) is 1.59. The van der Waals surface area contributed by atoms with Crippen LogP contribution in [0.4, 0.5) is 0 Å². The topological polar surface area (TPSA) is 66.0 Å². The minimum absolute atomic E-state index is 0.182. The van der Waals surface area contributed by atoms with Crippen molar-refractivity contribution in [3.63, 3.8) is 0 Å². The lowest BCUT2D eigenvalue weighted by Crippen LogP contribution is -2.25. The van der Waals surface area contributed by atoms with E-state index in [1.54, 1.807) is 30.5 Å². The summed E-state index contributed by atoms with van der Waals surface area (Å²) in [6.45, 7) is 0.503. The molecular formula is C14H12N2O2. The zero-order valence-electron chi connectivity index (χ0n) is 9.72. The van der Waals surface area contributed by atoms with Gasteiger partial charge in [0.1, 0.15) is 5.76 Å². The van der Waals surface area contributed by atoms with Gasteiger partial charge in [0.2, 0.25) is 0 Å². The fourth-order valence-corrected chi connectivity index (χ4v) is 1.59. The van der Waals surface area contributed by atoms with Crippen LogP contribution >= 0.6 is 0 Å². The highest BCUT2D eigenvalue weighted by atomic mass is 16.3. The van der Waals surface area contributed by atoms with Crippen molar-refractivity contribution >= 4 is 5.91 Å². The van der Waals surface area contributed by atoms with E-state index in [1.807, 2.05) is 18.2 Å². The molecule has 0 aliphatic carbocycles. The summed E-state index contributed by atoms with van der Waals surface area (Å²) >= 11 is 0. The van der Waals surface area contributed by atoms with Gasteiger partial charge in [-0.25, -0.2) is 0 Å². The van der Waals surface area contributed by atoms with Crippen molar-refractivity contribution in [3.05, 3.63) is 59.5 Å². The first-order chi connectivity index (χ1) is 8.79. The molecule has 1 aromatic carbocycles. The van der Waals surface area contributed by atoms with Crippen LogP contribution in [0.15, 0.2) is 47.1 Å². The van der Waals surface area contributed by atoms with E-state index in [-0.39, 0.29) is 5.91 Å². The SMILES string of the molecule is N#Cc1cccc(C(=O)NCCc2ccco2)c1. The third-order valence-electron chi connectivity index (χ3n) is 2.49. The van der Waals surface area contributed by atoms with E-state index in [4.69, 9.17) is 9.68 Å². The van der Waals surface area contributed by atoms with E-state index in [1.165, 1.54) is 0 Å². The fraction of sp³-hybridized carbons (Fsp3) is 0.143. The van der Waals surface area contributed by atoms with Crippen LogP contribution in [0.3, 0.4) is 0 Å². The Balaban J connectivity index is 1.89. The highest BCUT2D eigenvalue weighted by Crippen LogP contribution is 2.04. The second-order valence-corrected chi connectivity index (χ2v) is 3.78. The zero-order chi connectivity index (χ0) is 12.8. The Hall–Kier alpha value is -2.54. The summed E-state index contributed by atoms with van der Waals surface area (Å²) in [6, 6.07) is 12.3. The van der Waals surface area contributed by atoms with Gasteiger partial charge in [0, 0.05) is 18.5 Å². The highest BCUT2D eigenvalue weighted by molar-refractivity contribution is 5.94. The average molecular weight is 240 g/mol. The molecule has 18 heavy (non-hydrogen) atoms. The number of hydrogen-bond acceptors (Lipinski definition) is 3. The lowest BCUT2D eigenvalue weighted by atomic mass is 10.1. The summed E-state index contributed by atoms with van der Waals surface area (Å²) < 4.78 is 5.16. The Labute approximate surface area is 105 Å². The van der Waals surface area contributed by atoms with Crippen molar-refractivity contribution in [1.29, 1.82) is 5.26 Å². The molecule has 1 aromatic heterocycles. The minimum Gasteiger partial charge on any atom is -0.469 e. The minimum atomic E-state index is -0.182. The molecule has 0 saturated carbocycles. The Morgan fingerprint density at radius 3 is 2.94 bits per heavy atom. The molecule has 0 bridgehead atoms. The predicted octanol–water partition coefficient (Wildman–Crippen LogP) is 2.12. The molecule has 2 aromatic rings. The molecular weight excluding hydrogens is 228 g/mol.